The number of carbonyl (C=O) groups is 1. The van der Waals surface area contributed by atoms with E-state index in [1.807, 2.05) is 19.9 Å². The third-order valence-corrected chi connectivity index (χ3v) is 4.25. The number of rotatable bonds is 4. The van der Waals surface area contributed by atoms with Crippen LogP contribution in [0.4, 0.5) is 0 Å². The molecule has 1 aromatic carbocycles. The maximum atomic E-state index is 12.2. The van der Waals surface area contributed by atoms with Crippen molar-refractivity contribution in [2.75, 3.05) is 0 Å². The Hall–Kier alpha value is -2.10. The highest BCUT2D eigenvalue weighted by molar-refractivity contribution is 5.77. The zero-order valence-electron chi connectivity index (χ0n) is 12.5. The summed E-state index contributed by atoms with van der Waals surface area (Å²) in [5, 5.41) is 7.07. The molecule has 1 aliphatic rings. The number of benzene rings is 1. The van der Waals surface area contributed by atoms with Crippen LogP contribution < -0.4 is 5.32 Å². The van der Waals surface area contributed by atoms with E-state index in [4.69, 9.17) is 4.52 Å². The number of nitrogens with zero attached hydrogens (tertiary/aromatic N) is 1. The zero-order valence-corrected chi connectivity index (χ0v) is 12.5. The standard InChI is InChI=1S/C17H20N2O2/c1-11-14(12(2)21-19-11)8-10-17(20)18-16-9-7-13-5-3-4-6-15(13)16/h3-6,16H,7-10H2,1-2H3,(H,18,20)/t16-/m1/s1. The number of aromatic nitrogens is 1. The molecular formula is C17H20N2O2. The Labute approximate surface area is 124 Å². The van der Waals surface area contributed by atoms with E-state index in [-0.39, 0.29) is 11.9 Å². The summed E-state index contributed by atoms with van der Waals surface area (Å²) >= 11 is 0. The van der Waals surface area contributed by atoms with Gasteiger partial charge in [-0.15, -0.1) is 0 Å². The van der Waals surface area contributed by atoms with Gasteiger partial charge in [-0.25, -0.2) is 0 Å². The van der Waals surface area contributed by atoms with Gasteiger partial charge in [0.2, 0.25) is 5.91 Å². The van der Waals surface area contributed by atoms with E-state index < -0.39 is 0 Å². The molecule has 0 spiro atoms. The lowest BCUT2D eigenvalue weighted by atomic mass is 10.1. The van der Waals surface area contributed by atoms with Crippen molar-refractivity contribution in [1.29, 1.82) is 0 Å². The number of aryl methyl sites for hydroxylation is 3. The smallest absolute Gasteiger partial charge is 0.220 e. The summed E-state index contributed by atoms with van der Waals surface area (Å²) in [6, 6.07) is 8.51. The first-order valence-corrected chi connectivity index (χ1v) is 7.44. The van der Waals surface area contributed by atoms with Crippen molar-refractivity contribution in [3.05, 3.63) is 52.4 Å². The van der Waals surface area contributed by atoms with Gasteiger partial charge in [-0.3, -0.25) is 4.79 Å². The highest BCUT2D eigenvalue weighted by Crippen LogP contribution is 2.30. The topological polar surface area (TPSA) is 55.1 Å². The second kappa shape index (κ2) is 5.72. The molecule has 2 aromatic rings. The lowest BCUT2D eigenvalue weighted by molar-refractivity contribution is -0.121. The van der Waals surface area contributed by atoms with E-state index in [0.29, 0.717) is 12.8 Å². The van der Waals surface area contributed by atoms with Gasteiger partial charge in [0.25, 0.3) is 0 Å². The minimum atomic E-state index is 0.0942. The van der Waals surface area contributed by atoms with Crippen LogP contribution in [-0.4, -0.2) is 11.1 Å². The molecule has 21 heavy (non-hydrogen) atoms. The van der Waals surface area contributed by atoms with Gasteiger partial charge in [0, 0.05) is 12.0 Å². The van der Waals surface area contributed by atoms with Gasteiger partial charge in [-0.1, -0.05) is 29.4 Å². The van der Waals surface area contributed by atoms with Crippen LogP contribution in [0.3, 0.4) is 0 Å². The molecule has 0 saturated carbocycles. The highest BCUT2D eigenvalue weighted by Gasteiger charge is 2.23. The van der Waals surface area contributed by atoms with Crippen LogP contribution >= 0.6 is 0 Å². The first-order valence-electron chi connectivity index (χ1n) is 7.44. The molecule has 0 fully saturated rings. The van der Waals surface area contributed by atoms with E-state index in [0.717, 1.165) is 29.9 Å². The minimum Gasteiger partial charge on any atom is -0.361 e. The molecule has 1 atom stereocenters. The van der Waals surface area contributed by atoms with Gasteiger partial charge >= 0.3 is 0 Å². The maximum absolute atomic E-state index is 12.2. The first-order chi connectivity index (χ1) is 10.1. The van der Waals surface area contributed by atoms with E-state index in [1.54, 1.807) is 0 Å². The fourth-order valence-electron chi connectivity index (χ4n) is 3.07. The molecule has 1 N–H and O–H groups in total. The molecule has 0 unspecified atom stereocenters. The molecule has 0 bridgehead atoms. The summed E-state index contributed by atoms with van der Waals surface area (Å²) in [6.45, 7) is 3.80. The average Bonchev–Trinajstić information content (AvgIpc) is 3.02. The van der Waals surface area contributed by atoms with Crippen molar-refractivity contribution in [1.82, 2.24) is 10.5 Å². The van der Waals surface area contributed by atoms with Crippen LogP contribution in [0.1, 0.15) is 47.0 Å². The Bertz CT molecular complexity index is 641. The second-order valence-corrected chi connectivity index (χ2v) is 5.66. The number of nitrogens with one attached hydrogen (secondary N) is 1. The SMILES string of the molecule is Cc1noc(C)c1CCC(=O)N[C@@H]1CCc2ccccc21. The van der Waals surface area contributed by atoms with Crippen LogP contribution in [0.2, 0.25) is 0 Å². The molecule has 1 aliphatic carbocycles. The average molecular weight is 284 g/mol. The van der Waals surface area contributed by atoms with Gasteiger partial charge in [0.1, 0.15) is 5.76 Å². The molecule has 0 radical (unpaired) electrons. The first kappa shape index (κ1) is 13.9. The minimum absolute atomic E-state index is 0.0942. The third-order valence-electron chi connectivity index (χ3n) is 4.25. The lowest BCUT2D eigenvalue weighted by Gasteiger charge is -2.14. The van der Waals surface area contributed by atoms with Gasteiger partial charge < -0.3 is 9.84 Å². The number of amides is 1. The molecule has 3 rings (SSSR count). The maximum Gasteiger partial charge on any atom is 0.220 e. The zero-order chi connectivity index (χ0) is 14.8. The van der Waals surface area contributed by atoms with Crippen LogP contribution in [0.25, 0.3) is 0 Å². The summed E-state index contributed by atoms with van der Waals surface area (Å²) in [4.78, 5) is 12.2. The third kappa shape index (κ3) is 2.84. The van der Waals surface area contributed by atoms with Crippen molar-refractivity contribution in [3.63, 3.8) is 0 Å². The van der Waals surface area contributed by atoms with Gasteiger partial charge in [-0.2, -0.15) is 0 Å². The van der Waals surface area contributed by atoms with Crippen LogP contribution in [0.15, 0.2) is 28.8 Å². The van der Waals surface area contributed by atoms with Crippen molar-refractivity contribution in [2.24, 2.45) is 0 Å². The Morgan fingerprint density at radius 3 is 2.95 bits per heavy atom. The Morgan fingerprint density at radius 1 is 1.38 bits per heavy atom. The van der Waals surface area contributed by atoms with Crippen LogP contribution in [0, 0.1) is 13.8 Å². The number of hydrogen-bond donors (Lipinski definition) is 1. The summed E-state index contributed by atoms with van der Waals surface area (Å²) in [6.07, 6.45) is 3.20. The largest absolute Gasteiger partial charge is 0.361 e. The van der Waals surface area contributed by atoms with Crippen LogP contribution in [-0.2, 0) is 17.6 Å². The van der Waals surface area contributed by atoms with Crippen molar-refractivity contribution < 1.29 is 9.32 Å². The quantitative estimate of drug-likeness (QED) is 0.939. The monoisotopic (exact) mass is 284 g/mol. The van der Waals surface area contributed by atoms with E-state index in [1.165, 1.54) is 11.1 Å². The normalized spacial score (nSPS) is 16.8. The summed E-state index contributed by atoms with van der Waals surface area (Å²) in [5.74, 6) is 0.906. The van der Waals surface area contributed by atoms with Gasteiger partial charge in [-0.05, 0) is 44.2 Å². The molecule has 4 heteroatoms. The fourth-order valence-corrected chi connectivity index (χ4v) is 3.07. The molecule has 1 aromatic heterocycles. The van der Waals surface area contributed by atoms with Gasteiger partial charge in [0.05, 0.1) is 11.7 Å². The predicted molar refractivity (Wildman–Crippen MR) is 79.9 cm³/mol. The summed E-state index contributed by atoms with van der Waals surface area (Å²) < 4.78 is 5.13. The molecule has 1 heterocycles. The van der Waals surface area contributed by atoms with E-state index >= 15 is 0 Å². The van der Waals surface area contributed by atoms with Crippen molar-refractivity contribution >= 4 is 5.91 Å². The molecule has 1 amide bonds. The predicted octanol–water partition coefficient (Wildman–Crippen LogP) is 3.03. The Kier molecular flexibility index (Phi) is 3.78. The lowest BCUT2D eigenvalue weighted by Crippen LogP contribution is -2.27. The molecule has 0 aliphatic heterocycles. The van der Waals surface area contributed by atoms with E-state index in [9.17, 15) is 4.79 Å². The van der Waals surface area contributed by atoms with E-state index in [2.05, 4.69) is 28.7 Å². The Balaban J connectivity index is 1.58. The van der Waals surface area contributed by atoms with Crippen molar-refractivity contribution in [3.8, 4) is 0 Å². The van der Waals surface area contributed by atoms with Gasteiger partial charge in [0.15, 0.2) is 0 Å². The fraction of sp³-hybridized carbons (Fsp3) is 0.412. The Morgan fingerprint density at radius 2 is 2.19 bits per heavy atom. The summed E-state index contributed by atoms with van der Waals surface area (Å²) in [7, 11) is 0. The second-order valence-electron chi connectivity index (χ2n) is 5.66. The highest BCUT2D eigenvalue weighted by atomic mass is 16.5. The number of fused-ring (bicyclic) bond motifs is 1. The molecule has 4 nitrogen and oxygen atoms in total. The number of hydrogen-bond acceptors (Lipinski definition) is 3. The molecule has 110 valence electrons. The number of carbonyl (C=O) groups excluding carboxylic acids is 1. The molecular weight excluding hydrogens is 264 g/mol. The summed E-state index contributed by atoms with van der Waals surface area (Å²) in [5.41, 5.74) is 4.56. The van der Waals surface area contributed by atoms with Crippen molar-refractivity contribution in [2.45, 2.75) is 45.6 Å². The van der Waals surface area contributed by atoms with Crippen LogP contribution in [0.5, 0.6) is 0 Å². The molecule has 0 saturated heterocycles.